The monoisotopic (exact) mass is 488 g/mol. The van der Waals surface area contributed by atoms with Crippen molar-refractivity contribution < 1.29 is 19.1 Å². The third kappa shape index (κ3) is 3.32. The molecule has 1 N–H and O–H groups in total. The maximum atomic E-state index is 12.7. The number of imide groups is 1. The predicted molar refractivity (Wildman–Crippen MR) is 119 cm³/mol. The number of nitrogens with one attached hydrogen (secondary N) is 1. The SMILES string of the molecule is CCOC(=O)c1cc2c3c(c(-c4ccccc4Cl)cc2n1CCCBr)C(=O)NC3=O. The summed E-state index contributed by atoms with van der Waals surface area (Å²) in [6.07, 6.45) is 0.764. The molecular formula is C22H18BrClN2O4. The van der Waals surface area contributed by atoms with E-state index in [-0.39, 0.29) is 17.7 Å². The zero-order valence-electron chi connectivity index (χ0n) is 16.1. The van der Waals surface area contributed by atoms with Crippen molar-refractivity contribution in [1.82, 2.24) is 9.88 Å². The number of nitrogens with zero attached hydrogens (tertiary/aromatic N) is 1. The van der Waals surface area contributed by atoms with Gasteiger partial charge in [0.25, 0.3) is 11.8 Å². The van der Waals surface area contributed by atoms with Crippen LogP contribution in [0.4, 0.5) is 0 Å². The van der Waals surface area contributed by atoms with Gasteiger partial charge in [-0.2, -0.15) is 0 Å². The molecule has 0 saturated carbocycles. The summed E-state index contributed by atoms with van der Waals surface area (Å²) in [4.78, 5) is 37.9. The Morgan fingerprint density at radius 2 is 1.87 bits per heavy atom. The molecule has 0 unspecified atom stereocenters. The summed E-state index contributed by atoms with van der Waals surface area (Å²) in [7, 11) is 0. The number of halogens is 2. The van der Waals surface area contributed by atoms with Gasteiger partial charge in [0.2, 0.25) is 0 Å². The first-order valence-corrected chi connectivity index (χ1v) is 11.0. The van der Waals surface area contributed by atoms with Crippen molar-refractivity contribution in [3.8, 4) is 11.1 Å². The number of amides is 2. The van der Waals surface area contributed by atoms with Gasteiger partial charge in [-0.25, -0.2) is 4.79 Å². The molecule has 0 atom stereocenters. The van der Waals surface area contributed by atoms with Crippen LogP contribution in [0.1, 0.15) is 44.5 Å². The van der Waals surface area contributed by atoms with Crippen LogP contribution in [0, 0.1) is 0 Å². The van der Waals surface area contributed by atoms with Crippen LogP contribution in [-0.4, -0.2) is 34.3 Å². The minimum Gasteiger partial charge on any atom is -0.461 e. The second-order valence-electron chi connectivity index (χ2n) is 6.81. The van der Waals surface area contributed by atoms with Gasteiger partial charge in [-0.1, -0.05) is 45.7 Å². The van der Waals surface area contributed by atoms with E-state index >= 15 is 0 Å². The largest absolute Gasteiger partial charge is 0.461 e. The maximum absolute atomic E-state index is 12.7. The Balaban J connectivity index is 2.08. The third-order valence-corrected chi connectivity index (χ3v) is 5.94. The minimum atomic E-state index is -0.484. The highest BCUT2D eigenvalue weighted by atomic mass is 79.9. The van der Waals surface area contributed by atoms with Crippen molar-refractivity contribution >= 4 is 56.2 Å². The molecule has 1 aromatic heterocycles. The van der Waals surface area contributed by atoms with E-state index in [2.05, 4.69) is 21.2 Å². The van der Waals surface area contributed by atoms with Gasteiger partial charge in [0.15, 0.2) is 0 Å². The molecule has 1 aliphatic heterocycles. The number of carbonyl (C=O) groups excluding carboxylic acids is 3. The van der Waals surface area contributed by atoms with Gasteiger partial charge in [-0.15, -0.1) is 0 Å². The number of alkyl halides is 1. The predicted octanol–water partition coefficient (Wildman–Crippen LogP) is 4.81. The van der Waals surface area contributed by atoms with Crippen LogP contribution in [0.15, 0.2) is 36.4 Å². The lowest BCUT2D eigenvalue weighted by Crippen LogP contribution is -2.20. The van der Waals surface area contributed by atoms with Crippen molar-refractivity contribution in [2.24, 2.45) is 0 Å². The summed E-state index contributed by atoms with van der Waals surface area (Å²) < 4.78 is 7.06. The summed E-state index contributed by atoms with van der Waals surface area (Å²) in [5.41, 5.74) is 2.76. The van der Waals surface area contributed by atoms with Gasteiger partial charge < -0.3 is 9.30 Å². The van der Waals surface area contributed by atoms with Gasteiger partial charge in [0.05, 0.1) is 23.3 Å². The van der Waals surface area contributed by atoms with Crippen LogP contribution < -0.4 is 5.32 Å². The molecule has 2 amide bonds. The molecule has 0 saturated heterocycles. The molecular weight excluding hydrogens is 472 g/mol. The Morgan fingerprint density at radius 3 is 2.57 bits per heavy atom. The third-order valence-electron chi connectivity index (χ3n) is 5.05. The molecule has 0 radical (unpaired) electrons. The summed E-state index contributed by atoms with van der Waals surface area (Å²) >= 11 is 9.84. The summed E-state index contributed by atoms with van der Waals surface area (Å²) in [5.74, 6) is -1.43. The minimum absolute atomic E-state index is 0.237. The Hall–Kier alpha value is -2.64. The number of ether oxygens (including phenoxy) is 1. The molecule has 8 heteroatoms. The van der Waals surface area contributed by atoms with Crippen molar-refractivity contribution in [1.29, 1.82) is 0 Å². The molecule has 0 aliphatic carbocycles. The summed E-state index contributed by atoms with van der Waals surface area (Å²) in [6, 6.07) is 10.6. The van der Waals surface area contributed by atoms with Crippen molar-refractivity contribution in [3.05, 3.63) is 58.2 Å². The highest BCUT2D eigenvalue weighted by Gasteiger charge is 2.34. The summed E-state index contributed by atoms with van der Waals surface area (Å²) in [6.45, 7) is 2.52. The number of aryl methyl sites for hydroxylation is 1. The molecule has 0 bridgehead atoms. The number of hydrogen-bond acceptors (Lipinski definition) is 4. The van der Waals surface area contributed by atoms with E-state index in [1.54, 1.807) is 31.2 Å². The Morgan fingerprint density at radius 1 is 1.13 bits per heavy atom. The molecule has 6 nitrogen and oxygen atoms in total. The number of rotatable bonds is 6. The van der Waals surface area contributed by atoms with Crippen LogP contribution in [-0.2, 0) is 11.3 Å². The number of hydrogen-bond donors (Lipinski definition) is 1. The molecule has 0 spiro atoms. The number of aromatic nitrogens is 1. The van der Waals surface area contributed by atoms with Crippen molar-refractivity contribution in [2.45, 2.75) is 19.9 Å². The lowest BCUT2D eigenvalue weighted by atomic mass is 9.94. The zero-order chi connectivity index (χ0) is 21.4. The first-order valence-electron chi connectivity index (χ1n) is 9.51. The number of esters is 1. The number of carbonyl (C=O) groups is 3. The first-order chi connectivity index (χ1) is 14.5. The van der Waals surface area contributed by atoms with Gasteiger partial charge in [0.1, 0.15) is 5.69 Å². The fourth-order valence-electron chi connectivity index (χ4n) is 3.82. The van der Waals surface area contributed by atoms with Crippen LogP contribution >= 0.6 is 27.5 Å². The van der Waals surface area contributed by atoms with Crippen molar-refractivity contribution in [2.75, 3.05) is 11.9 Å². The number of benzene rings is 2. The number of fused-ring (bicyclic) bond motifs is 3. The lowest BCUT2D eigenvalue weighted by Gasteiger charge is -2.13. The molecule has 1 aliphatic rings. The van der Waals surface area contributed by atoms with Gasteiger partial charge in [0, 0.05) is 27.8 Å². The van der Waals surface area contributed by atoms with Crippen LogP contribution in [0.25, 0.3) is 22.0 Å². The Kier molecular flexibility index (Phi) is 5.66. The van der Waals surface area contributed by atoms with Gasteiger partial charge in [-0.05, 0) is 37.1 Å². The molecule has 154 valence electrons. The average molecular weight is 490 g/mol. The Labute approximate surface area is 186 Å². The Bertz CT molecular complexity index is 1200. The van der Waals surface area contributed by atoms with E-state index in [1.165, 1.54) is 0 Å². The second kappa shape index (κ2) is 8.24. The lowest BCUT2D eigenvalue weighted by molar-refractivity contribution is 0.0514. The second-order valence-corrected chi connectivity index (χ2v) is 8.01. The fourth-order valence-corrected chi connectivity index (χ4v) is 4.31. The molecule has 0 fully saturated rings. The quantitative estimate of drug-likeness (QED) is 0.306. The molecule has 2 aromatic carbocycles. The van der Waals surface area contributed by atoms with Crippen molar-refractivity contribution in [3.63, 3.8) is 0 Å². The summed E-state index contributed by atoms with van der Waals surface area (Å²) in [5, 5.41) is 4.13. The van der Waals surface area contributed by atoms with Gasteiger partial charge >= 0.3 is 5.97 Å². The fraction of sp³-hybridized carbons (Fsp3) is 0.227. The molecule has 30 heavy (non-hydrogen) atoms. The van der Waals surface area contributed by atoms with E-state index in [1.807, 2.05) is 16.7 Å². The van der Waals surface area contributed by atoms with Crippen LogP contribution in [0.5, 0.6) is 0 Å². The molecule has 2 heterocycles. The van der Waals surface area contributed by atoms with E-state index in [9.17, 15) is 14.4 Å². The van der Waals surface area contributed by atoms with Gasteiger partial charge in [-0.3, -0.25) is 14.9 Å². The smallest absolute Gasteiger partial charge is 0.354 e. The van der Waals surface area contributed by atoms with E-state index in [0.29, 0.717) is 39.3 Å². The van der Waals surface area contributed by atoms with E-state index < -0.39 is 17.8 Å². The first kappa shape index (κ1) is 20.6. The normalized spacial score (nSPS) is 12.9. The molecule has 3 aromatic rings. The highest BCUT2D eigenvalue weighted by Crippen LogP contribution is 2.39. The van der Waals surface area contributed by atoms with Crippen LogP contribution in [0.2, 0.25) is 5.02 Å². The van der Waals surface area contributed by atoms with Crippen LogP contribution in [0.3, 0.4) is 0 Å². The average Bonchev–Trinajstić information content (AvgIpc) is 3.23. The highest BCUT2D eigenvalue weighted by molar-refractivity contribution is 9.09. The molecule has 4 rings (SSSR count). The zero-order valence-corrected chi connectivity index (χ0v) is 18.5. The topological polar surface area (TPSA) is 77.4 Å². The van der Waals surface area contributed by atoms with E-state index in [0.717, 1.165) is 11.8 Å². The maximum Gasteiger partial charge on any atom is 0.354 e. The van der Waals surface area contributed by atoms with E-state index in [4.69, 9.17) is 16.3 Å². The standard InChI is InChI=1S/C22H18BrClN2O4/c1-2-30-22(29)17-11-14-16(26(17)9-5-8-23)10-13(12-6-3-4-7-15(12)24)18-19(14)21(28)25-20(18)27/h3-4,6-7,10-11H,2,5,8-9H2,1H3,(H,25,27,28).